The van der Waals surface area contributed by atoms with Crippen molar-refractivity contribution in [2.45, 2.75) is 20.0 Å². The van der Waals surface area contributed by atoms with Crippen LogP contribution in [0.1, 0.15) is 24.2 Å². The highest BCUT2D eigenvalue weighted by Gasteiger charge is 2.22. The second-order valence-electron chi connectivity index (χ2n) is 6.50. The Bertz CT molecular complexity index is 668. The van der Waals surface area contributed by atoms with Crippen molar-refractivity contribution in [2.24, 2.45) is 5.92 Å². The van der Waals surface area contributed by atoms with E-state index in [0.717, 1.165) is 41.9 Å². The Morgan fingerprint density at radius 2 is 2.26 bits per heavy atom. The number of ether oxygens (including phenoxy) is 1. The summed E-state index contributed by atoms with van der Waals surface area (Å²) in [4.78, 5) is 14.9. The van der Waals surface area contributed by atoms with Gasteiger partial charge in [0.15, 0.2) is 0 Å². The van der Waals surface area contributed by atoms with Crippen LogP contribution in [0.4, 0.5) is 0 Å². The zero-order chi connectivity index (χ0) is 16.2. The SMILES string of the molecule is CC(C)CN1CCOC(CNC(=O)c2csc3ccccc23)C1. The first-order valence-corrected chi connectivity index (χ1v) is 9.10. The quantitative estimate of drug-likeness (QED) is 0.915. The van der Waals surface area contributed by atoms with E-state index in [1.807, 2.05) is 29.6 Å². The largest absolute Gasteiger partial charge is 0.374 e. The molecule has 23 heavy (non-hydrogen) atoms. The first kappa shape index (κ1) is 16.4. The van der Waals surface area contributed by atoms with Gasteiger partial charge < -0.3 is 10.1 Å². The Balaban J connectivity index is 1.56. The van der Waals surface area contributed by atoms with E-state index < -0.39 is 0 Å². The molecule has 1 saturated heterocycles. The van der Waals surface area contributed by atoms with Crippen molar-refractivity contribution in [2.75, 3.05) is 32.8 Å². The molecule has 0 spiro atoms. The summed E-state index contributed by atoms with van der Waals surface area (Å²) in [5.74, 6) is 0.646. The number of amides is 1. The van der Waals surface area contributed by atoms with Crippen molar-refractivity contribution in [3.05, 3.63) is 35.2 Å². The smallest absolute Gasteiger partial charge is 0.252 e. The molecule has 0 bridgehead atoms. The lowest BCUT2D eigenvalue weighted by molar-refractivity contribution is -0.0295. The fraction of sp³-hybridized carbons (Fsp3) is 0.500. The van der Waals surface area contributed by atoms with Crippen LogP contribution in [0.15, 0.2) is 29.6 Å². The highest BCUT2D eigenvalue weighted by molar-refractivity contribution is 7.17. The van der Waals surface area contributed by atoms with Gasteiger partial charge in [-0.1, -0.05) is 32.0 Å². The first-order chi connectivity index (χ1) is 11.1. The Labute approximate surface area is 141 Å². The van der Waals surface area contributed by atoms with Gasteiger partial charge >= 0.3 is 0 Å². The molecule has 2 heterocycles. The van der Waals surface area contributed by atoms with E-state index in [4.69, 9.17) is 4.74 Å². The molecule has 5 heteroatoms. The third-order valence-electron chi connectivity index (χ3n) is 4.06. The molecule has 1 aliphatic rings. The van der Waals surface area contributed by atoms with Gasteiger partial charge in [0.05, 0.1) is 18.3 Å². The maximum atomic E-state index is 12.4. The zero-order valence-corrected chi connectivity index (χ0v) is 14.6. The first-order valence-electron chi connectivity index (χ1n) is 8.22. The molecule has 0 saturated carbocycles. The number of rotatable bonds is 5. The number of nitrogens with one attached hydrogen (secondary N) is 1. The van der Waals surface area contributed by atoms with E-state index in [-0.39, 0.29) is 12.0 Å². The predicted octanol–water partition coefficient (Wildman–Crippen LogP) is 2.99. The molecule has 1 unspecified atom stereocenters. The molecular weight excluding hydrogens is 308 g/mol. The number of fused-ring (bicyclic) bond motifs is 1. The molecule has 124 valence electrons. The summed E-state index contributed by atoms with van der Waals surface area (Å²) in [5, 5.41) is 6.00. The van der Waals surface area contributed by atoms with Gasteiger partial charge in [-0.15, -0.1) is 11.3 Å². The third-order valence-corrected chi connectivity index (χ3v) is 5.03. The van der Waals surface area contributed by atoms with E-state index >= 15 is 0 Å². The number of nitrogens with zero attached hydrogens (tertiary/aromatic N) is 1. The van der Waals surface area contributed by atoms with Crippen LogP contribution in [-0.2, 0) is 4.74 Å². The number of hydrogen-bond acceptors (Lipinski definition) is 4. The summed E-state index contributed by atoms with van der Waals surface area (Å²) in [6.07, 6.45) is 0.0800. The van der Waals surface area contributed by atoms with Gasteiger partial charge in [0.25, 0.3) is 5.91 Å². The van der Waals surface area contributed by atoms with Gasteiger partial charge in [0, 0.05) is 41.6 Å². The summed E-state index contributed by atoms with van der Waals surface area (Å²) < 4.78 is 6.94. The molecule has 1 atom stereocenters. The highest BCUT2D eigenvalue weighted by atomic mass is 32.1. The predicted molar refractivity (Wildman–Crippen MR) is 95.2 cm³/mol. The molecule has 1 aromatic heterocycles. The molecule has 2 aromatic rings. The van der Waals surface area contributed by atoms with Gasteiger partial charge in [-0.3, -0.25) is 9.69 Å². The van der Waals surface area contributed by atoms with Crippen LogP contribution >= 0.6 is 11.3 Å². The van der Waals surface area contributed by atoms with Crippen LogP contribution in [0.5, 0.6) is 0 Å². The number of carbonyl (C=O) groups is 1. The van der Waals surface area contributed by atoms with Crippen LogP contribution in [0.25, 0.3) is 10.1 Å². The minimum absolute atomic E-state index is 0.00738. The summed E-state index contributed by atoms with van der Waals surface area (Å²) in [5.41, 5.74) is 0.764. The molecule has 0 aliphatic carbocycles. The van der Waals surface area contributed by atoms with Crippen LogP contribution in [0.2, 0.25) is 0 Å². The van der Waals surface area contributed by atoms with Crippen LogP contribution in [0.3, 0.4) is 0 Å². The third kappa shape index (κ3) is 4.10. The second-order valence-corrected chi connectivity index (χ2v) is 7.41. The van der Waals surface area contributed by atoms with E-state index in [1.54, 1.807) is 11.3 Å². The van der Waals surface area contributed by atoms with Gasteiger partial charge in [0.1, 0.15) is 0 Å². The van der Waals surface area contributed by atoms with Crippen molar-refractivity contribution in [1.29, 1.82) is 0 Å². The maximum absolute atomic E-state index is 12.4. The Hall–Kier alpha value is -1.43. The molecule has 1 aromatic carbocycles. The summed E-state index contributed by atoms with van der Waals surface area (Å²) in [7, 11) is 0. The molecule has 1 amide bonds. The number of morpholine rings is 1. The van der Waals surface area contributed by atoms with E-state index in [1.165, 1.54) is 0 Å². The van der Waals surface area contributed by atoms with Crippen molar-refractivity contribution < 1.29 is 9.53 Å². The van der Waals surface area contributed by atoms with Crippen LogP contribution < -0.4 is 5.32 Å². The summed E-state index contributed by atoms with van der Waals surface area (Å²) in [6, 6.07) is 8.02. The second kappa shape index (κ2) is 7.43. The fourth-order valence-electron chi connectivity index (χ4n) is 3.04. The standard InChI is InChI=1S/C18H24N2O2S/c1-13(2)10-20-7-8-22-14(11-20)9-19-18(21)16-12-23-17-6-4-3-5-15(16)17/h3-6,12-14H,7-11H2,1-2H3,(H,19,21). The molecule has 4 nitrogen and oxygen atoms in total. The Kier molecular flexibility index (Phi) is 5.30. The summed E-state index contributed by atoms with van der Waals surface area (Å²) >= 11 is 1.61. The highest BCUT2D eigenvalue weighted by Crippen LogP contribution is 2.25. The average Bonchev–Trinajstić information content (AvgIpc) is 2.96. The van der Waals surface area contributed by atoms with Crippen LogP contribution in [-0.4, -0.2) is 49.7 Å². The summed E-state index contributed by atoms with van der Waals surface area (Å²) in [6.45, 7) is 8.73. The Morgan fingerprint density at radius 1 is 1.43 bits per heavy atom. The minimum atomic E-state index is -0.00738. The van der Waals surface area contributed by atoms with Crippen LogP contribution in [0, 0.1) is 5.92 Å². The van der Waals surface area contributed by atoms with Gasteiger partial charge in [-0.25, -0.2) is 0 Å². The normalized spacial score (nSPS) is 19.3. The minimum Gasteiger partial charge on any atom is -0.374 e. The molecular formula is C18H24N2O2S. The van der Waals surface area contributed by atoms with Crippen molar-refractivity contribution in [3.8, 4) is 0 Å². The van der Waals surface area contributed by atoms with Gasteiger partial charge in [0.2, 0.25) is 0 Å². The van der Waals surface area contributed by atoms with Gasteiger partial charge in [-0.05, 0) is 12.0 Å². The van der Waals surface area contributed by atoms with E-state index in [9.17, 15) is 4.79 Å². The molecule has 0 radical (unpaired) electrons. The van der Waals surface area contributed by atoms with Crippen molar-refractivity contribution >= 4 is 27.3 Å². The lowest BCUT2D eigenvalue weighted by atomic mass is 10.1. The molecule has 1 aliphatic heterocycles. The lowest BCUT2D eigenvalue weighted by Gasteiger charge is -2.33. The topological polar surface area (TPSA) is 41.6 Å². The van der Waals surface area contributed by atoms with E-state index in [2.05, 4.69) is 24.1 Å². The Morgan fingerprint density at radius 3 is 3.09 bits per heavy atom. The van der Waals surface area contributed by atoms with Crippen molar-refractivity contribution in [1.82, 2.24) is 10.2 Å². The van der Waals surface area contributed by atoms with Crippen molar-refractivity contribution in [3.63, 3.8) is 0 Å². The molecule has 1 fully saturated rings. The van der Waals surface area contributed by atoms with E-state index in [0.29, 0.717) is 12.5 Å². The monoisotopic (exact) mass is 332 g/mol. The average molecular weight is 332 g/mol. The fourth-order valence-corrected chi connectivity index (χ4v) is 3.98. The maximum Gasteiger partial charge on any atom is 0.252 e. The molecule has 1 N–H and O–H groups in total. The zero-order valence-electron chi connectivity index (χ0n) is 13.7. The molecule has 3 rings (SSSR count). The number of carbonyl (C=O) groups excluding carboxylic acids is 1. The van der Waals surface area contributed by atoms with Gasteiger partial charge in [-0.2, -0.15) is 0 Å². The lowest BCUT2D eigenvalue weighted by Crippen LogP contribution is -2.48. The number of hydrogen-bond donors (Lipinski definition) is 1. The number of thiophene rings is 1. The number of benzene rings is 1.